The smallest absolute Gasteiger partial charge is 0.496 e. The fraction of sp³-hybridized carbons (Fsp3) is 0.200. The molecule has 0 saturated carbocycles. The summed E-state index contributed by atoms with van der Waals surface area (Å²) in [6, 6.07) is 9.48. The topological polar surface area (TPSA) is 114 Å². The highest BCUT2D eigenvalue weighted by atomic mass is 19.1. The maximum Gasteiger partial charge on any atom is 0.496 e. The number of allylic oxidation sites excluding steroid dienone is 2. The Morgan fingerprint density at radius 3 is 2.46 bits per heavy atom. The molecule has 4 rings (SSSR count). The molecule has 10 heteroatoms. The summed E-state index contributed by atoms with van der Waals surface area (Å²) in [6.45, 7) is 2.11. The van der Waals surface area contributed by atoms with Crippen LogP contribution in [0.25, 0.3) is 17.2 Å². The molecule has 3 aromatic rings. The number of benzene rings is 2. The second-order valence-electron chi connectivity index (χ2n) is 8.00. The Labute approximate surface area is 201 Å². The van der Waals surface area contributed by atoms with Crippen LogP contribution in [0.15, 0.2) is 52.7 Å². The first kappa shape index (κ1) is 24.2. The van der Waals surface area contributed by atoms with Crippen LogP contribution >= 0.6 is 0 Å². The summed E-state index contributed by atoms with van der Waals surface area (Å²) in [5.41, 5.74) is 4.80. The second kappa shape index (κ2) is 10.2. The van der Waals surface area contributed by atoms with Gasteiger partial charge in [0.05, 0.1) is 32.3 Å². The van der Waals surface area contributed by atoms with Gasteiger partial charge in [0.2, 0.25) is 5.91 Å². The van der Waals surface area contributed by atoms with Crippen molar-refractivity contribution in [3.8, 4) is 11.5 Å². The highest BCUT2D eigenvalue weighted by Gasteiger charge is 2.26. The molecular weight excluding hydrogens is 454 g/mol. The Morgan fingerprint density at radius 2 is 1.86 bits per heavy atom. The molecular formula is C25H24BFN2O6. The van der Waals surface area contributed by atoms with Crippen LogP contribution in [0.2, 0.25) is 0 Å². The van der Waals surface area contributed by atoms with Gasteiger partial charge in [-0.3, -0.25) is 4.79 Å². The van der Waals surface area contributed by atoms with Crippen LogP contribution in [0.5, 0.6) is 11.5 Å². The van der Waals surface area contributed by atoms with E-state index in [0.717, 1.165) is 22.3 Å². The maximum absolute atomic E-state index is 14.2. The molecule has 0 aliphatic heterocycles. The van der Waals surface area contributed by atoms with Gasteiger partial charge in [0.15, 0.2) is 0 Å². The van der Waals surface area contributed by atoms with Gasteiger partial charge in [0.1, 0.15) is 23.1 Å². The SMILES string of the molecule is COc1cc(C=C2C(C)=C(CNC(=O)Cc3ccno3)c3cc(F)ccc32)cc(OC)c1B(O)O. The number of ether oxygens (including phenoxy) is 2. The van der Waals surface area contributed by atoms with E-state index in [4.69, 9.17) is 14.0 Å². The third-order valence-electron chi connectivity index (χ3n) is 5.88. The molecule has 0 spiro atoms. The van der Waals surface area contributed by atoms with Crippen molar-refractivity contribution in [2.75, 3.05) is 20.8 Å². The number of hydrogen-bond donors (Lipinski definition) is 3. The molecule has 180 valence electrons. The number of hydrogen-bond acceptors (Lipinski definition) is 7. The van der Waals surface area contributed by atoms with Crippen molar-refractivity contribution in [1.82, 2.24) is 10.5 Å². The average Bonchev–Trinajstić information content (AvgIpc) is 3.43. The lowest BCUT2D eigenvalue weighted by atomic mass is 9.78. The standard InChI is InChI=1S/C25H24BFN2O6/c1-14-19(8-15-9-22(33-2)25(26(31)32)23(10-15)34-3)18-5-4-16(27)11-20(18)21(14)13-28-24(30)12-17-6-7-29-35-17/h4-11,31-32H,12-13H2,1-3H3,(H,28,30). The van der Waals surface area contributed by atoms with Gasteiger partial charge in [-0.2, -0.15) is 0 Å². The van der Waals surface area contributed by atoms with Gasteiger partial charge in [-0.25, -0.2) is 4.39 Å². The number of nitrogens with one attached hydrogen (secondary N) is 1. The molecule has 8 nitrogen and oxygen atoms in total. The molecule has 0 fully saturated rings. The van der Waals surface area contributed by atoms with Gasteiger partial charge in [0, 0.05) is 12.6 Å². The Balaban J connectivity index is 1.71. The summed E-state index contributed by atoms with van der Waals surface area (Å²) in [4.78, 5) is 12.4. The van der Waals surface area contributed by atoms with Crippen molar-refractivity contribution < 1.29 is 33.2 Å². The monoisotopic (exact) mass is 478 g/mol. The predicted molar refractivity (Wildman–Crippen MR) is 129 cm³/mol. The maximum atomic E-state index is 14.2. The molecule has 1 aromatic heterocycles. The van der Waals surface area contributed by atoms with Crippen molar-refractivity contribution in [2.45, 2.75) is 13.3 Å². The van der Waals surface area contributed by atoms with Crippen LogP contribution < -0.4 is 20.3 Å². The number of methoxy groups -OCH3 is 2. The van der Waals surface area contributed by atoms with Crippen LogP contribution in [0, 0.1) is 5.82 Å². The Morgan fingerprint density at radius 1 is 1.14 bits per heavy atom. The number of nitrogens with zero attached hydrogens (tertiary/aromatic N) is 1. The summed E-state index contributed by atoms with van der Waals surface area (Å²) in [6.07, 6.45) is 3.40. The summed E-state index contributed by atoms with van der Waals surface area (Å²) < 4.78 is 29.8. The quantitative estimate of drug-likeness (QED) is 0.426. The van der Waals surface area contributed by atoms with Crippen LogP contribution in [-0.4, -0.2) is 49.0 Å². The molecule has 0 atom stereocenters. The minimum atomic E-state index is -1.77. The number of rotatable bonds is 8. The number of fused-ring (bicyclic) bond motifs is 1. The molecule has 1 heterocycles. The molecule has 35 heavy (non-hydrogen) atoms. The molecule has 3 N–H and O–H groups in total. The zero-order chi connectivity index (χ0) is 25.1. The van der Waals surface area contributed by atoms with Crippen LogP contribution in [0.1, 0.15) is 29.4 Å². The highest BCUT2D eigenvalue weighted by molar-refractivity contribution is 6.61. The summed E-state index contributed by atoms with van der Waals surface area (Å²) in [5, 5.41) is 25.9. The lowest BCUT2D eigenvalue weighted by Gasteiger charge is -2.14. The number of amides is 1. The first-order chi connectivity index (χ1) is 16.8. The van der Waals surface area contributed by atoms with Gasteiger partial charge in [0.25, 0.3) is 0 Å². The van der Waals surface area contributed by atoms with Gasteiger partial charge < -0.3 is 29.4 Å². The number of carbonyl (C=O) groups excluding carboxylic acids is 1. The van der Waals surface area contributed by atoms with Gasteiger partial charge >= 0.3 is 7.12 Å². The van der Waals surface area contributed by atoms with Crippen LogP contribution in [0.3, 0.4) is 0 Å². The van der Waals surface area contributed by atoms with Crippen molar-refractivity contribution in [3.05, 3.63) is 76.4 Å². The van der Waals surface area contributed by atoms with Crippen LogP contribution in [0.4, 0.5) is 4.39 Å². The Kier molecular flexibility index (Phi) is 7.04. The first-order valence-corrected chi connectivity index (χ1v) is 10.8. The lowest BCUT2D eigenvalue weighted by molar-refractivity contribution is -0.120. The zero-order valence-corrected chi connectivity index (χ0v) is 19.5. The first-order valence-electron chi connectivity index (χ1n) is 10.8. The van der Waals surface area contributed by atoms with Gasteiger partial charge in [-0.05, 0) is 70.7 Å². The predicted octanol–water partition coefficient (Wildman–Crippen LogP) is 2.20. The van der Waals surface area contributed by atoms with Crippen molar-refractivity contribution >= 4 is 35.7 Å². The van der Waals surface area contributed by atoms with E-state index in [1.54, 1.807) is 24.3 Å². The Hall–Kier alpha value is -3.89. The summed E-state index contributed by atoms with van der Waals surface area (Å²) in [7, 11) is 1.08. The molecule has 0 unspecified atom stereocenters. The third-order valence-corrected chi connectivity index (χ3v) is 5.88. The molecule has 1 aliphatic rings. The molecule has 1 amide bonds. The molecule has 2 aromatic carbocycles. The summed E-state index contributed by atoms with van der Waals surface area (Å²) >= 11 is 0. The normalized spacial score (nSPS) is 13.7. The zero-order valence-electron chi connectivity index (χ0n) is 19.5. The van der Waals surface area contributed by atoms with E-state index < -0.39 is 7.12 Å². The average molecular weight is 478 g/mol. The van der Waals surface area contributed by atoms with E-state index in [-0.39, 0.29) is 41.7 Å². The molecule has 0 bridgehead atoms. The van der Waals surface area contributed by atoms with E-state index in [2.05, 4.69) is 10.5 Å². The largest absolute Gasteiger partial charge is 0.497 e. The fourth-order valence-electron chi connectivity index (χ4n) is 4.19. The fourth-order valence-corrected chi connectivity index (χ4v) is 4.19. The van der Waals surface area contributed by atoms with E-state index in [9.17, 15) is 19.2 Å². The summed E-state index contributed by atoms with van der Waals surface area (Å²) in [5.74, 6) is 0.332. The molecule has 0 saturated heterocycles. The number of carbonyl (C=O) groups is 1. The van der Waals surface area contributed by atoms with E-state index in [1.807, 2.05) is 13.0 Å². The lowest BCUT2D eigenvalue weighted by Crippen LogP contribution is -2.32. The number of aromatic nitrogens is 1. The highest BCUT2D eigenvalue weighted by Crippen LogP contribution is 2.42. The van der Waals surface area contributed by atoms with Crippen molar-refractivity contribution in [2.24, 2.45) is 0 Å². The van der Waals surface area contributed by atoms with Crippen molar-refractivity contribution in [1.29, 1.82) is 0 Å². The molecule has 1 aliphatic carbocycles. The number of halogens is 1. The van der Waals surface area contributed by atoms with E-state index >= 15 is 0 Å². The van der Waals surface area contributed by atoms with E-state index in [1.165, 1.54) is 32.5 Å². The minimum Gasteiger partial charge on any atom is -0.497 e. The second-order valence-corrected chi connectivity index (χ2v) is 8.00. The third kappa shape index (κ3) is 4.98. The van der Waals surface area contributed by atoms with Gasteiger partial charge in [-0.1, -0.05) is 11.2 Å². The van der Waals surface area contributed by atoms with Crippen molar-refractivity contribution in [3.63, 3.8) is 0 Å². The minimum absolute atomic E-state index is 0.0493. The van der Waals surface area contributed by atoms with Crippen LogP contribution in [-0.2, 0) is 11.2 Å². The molecule has 0 radical (unpaired) electrons. The van der Waals surface area contributed by atoms with Gasteiger partial charge in [-0.15, -0.1) is 0 Å². The Bertz CT molecular complexity index is 1290. The van der Waals surface area contributed by atoms with E-state index in [0.29, 0.717) is 16.9 Å².